The minimum atomic E-state index is 0.196. The molecule has 0 aliphatic heterocycles. The average molecular weight is 529 g/mol. The van der Waals surface area contributed by atoms with Gasteiger partial charge in [0.2, 0.25) is 0 Å². The molecule has 0 aromatic carbocycles. The van der Waals surface area contributed by atoms with Crippen molar-refractivity contribution in [3.05, 3.63) is 0 Å². The molecular formula is C20H42N4O2Se2. The van der Waals surface area contributed by atoms with Gasteiger partial charge in [-0.05, 0) is 0 Å². The Morgan fingerprint density at radius 1 is 0.571 bits per heavy atom. The van der Waals surface area contributed by atoms with Gasteiger partial charge in [-0.15, -0.1) is 0 Å². The van der Waals surface area contributed by atoms with E-state index in [-0.39, 0.29) is 11.8 Å². The van der Waals surface area contributed by atoms with Gasteiger partial charge in [0.15, 0.2) is 0 Å². The predicted molar refractivity (Wildman–Crippen MR) is 121 cm³/mol. The summed E-state index contributed by atoms with van der Waals surface area (Å²) in [6.07, 6.45) is 12.2. The van der Waals surface area contributed by atoms with Crippen LogP contribution in [0, 0.1) is 0 Å². The van der Waals surface area contributed by atoms with Gasteiger partial charge in [-0.2, -0.15) is 0 Å². The summed E-state index contributed by atoms with van der Waals surface area (Å²) in [4.78, 5) is 23.5. The Labute approximate surface area is 183 Å². The van der Waals surface area contributed by atoms with Crippen molar-refractivity contribution in [3.63, 3.8) is 0 Å². The van der Waals surface area contributed by atoms with Crippen molar-refractivity contribution in [1.29, 1.82) is 0 Å². The number of nitrogens with two attached hydrogens (primary N) is 2. The molecule has 0 aromatic rings. The number of hydrogen-bond donors (Lipinski definition) is 4. The van der Waals surface area contributed by atoms with Gasteiger partial charge in [-0.1, -0.05) is 0 Å². The Morgan fingerprint density at radius 2 is 0.964 bits per heavy atom. The second-order valence-corrected chi connectivity index (χ2v) is 14.8. The van der Waals surface area contributed by atoms with E-state index in [1.54, 1.807) is 0 Å². The molecule has 0 saturated heterocycles. The molecule has 0 aromatic heterocycles. The van der Waals surface area contributed by atoms with Gasteiger partial charge in [-0.3, -0.25) is 0 Å². The van der Waals surface area contributed by atoms with Gasteiger partial charge in [0.1, 0.15) is 0 Å². The molecule has 0 unspecified atom stereocenters. The quantitative estimate of drug-likeness (QED) is 0.135. The molecule has 0 aliphatic rings. The Bertz CT molecular complexity index is 340. The molecule has 0 aliphatic carbocycles. The molecule has 28 heavy (non-hydrogen) atoms. The molecule has 8 heteroatoms. The SMILES string of the molecule is NCCCCCCNC(=O)CCC[Se][Se]CCCC(=O)NCCCCCCN. The van der Waals surface area contributed by atoms with Crippen LogP contribution in [0.2, 0.25) is 10.6 Å². The van der Waals surface area contributed by atoms with Crippen molar-refractivity contribution in [3.8, 4) is 0 Å². The number of carbonyl (C=O) groups is 2. The first-order valence-electron chi connectivity index (χ1n) is 10.9. The Morgan fingerprint density at radius 3 is 1.36 bits per heavy atom. The fourth-order valence-electron chi connectivity index (χ4n) is 2.58. The molecular weight excluding hydrogens is 486 g/mol. The van der Waals surface area contributed by atoms with E-state index >= 15 is 0 Å². The molecule has 2 amide bonds. The topological polar surface area (TPSA) is 110 Å². The molecule has 166 valence electrons. The number of rotatable bonds is 21. The van der Waals surface area contributed by atoms with Crippen LogP contribution in [-0.2, 0) is 9.59 Å². The van der Waals surface area contributed by atoms with Gasteiger partial charge in [0.05, 0.1) is 0 Å². The van der Waals surface area contributed by atoms with E-state index in [0.29, 0.717) is 39.1 Å². The summed E-state index contributed by atoms with van der Waals surface area (Å²) in [5.74, 6) is 0.392. The van der Waals surface area contributed by atoms with Gasteiger partial charge in [-0.25, -0.2) is 0 Å². The van der Waals surface area contributed by atoms with Crippen LogP contribution >= 0.6 is 0 Å². The fourth-order valence-corrected chi connectivity index (χ4v) is 9.31. The van der Waals surface area contributed by atoms with Crippen LogP contribution in [0.25, 0.3) is 0 Å². The third kappa shape index (κ3) is 22.2. The summed E-state index contributed by atoms with van der Waals surface area (Å²) in [6.45, 7) is 3.13. The molecule has 0 atom stereocenters. The van der Waals surface area contributed by atoms with E-state index in [1.807, 2.05) is 0 Å². The van der Waals surface area contributed by atoms with Crippen LogP contribution in [0.3, 0.4) is 0 Å². The van der Waals surface area contributed by atoms with E-state index in [4.69, 9.17) is 11.5 Å². The van der Waals surface area contributed by atoms with Crippen molar-refractivity contribution < 1.29 is 9.59 Å². The Kier molecular flexibility index (Phi) is 23.1. The third-order valence-electron chi connectivity index (χ3n) is 4.25. The zero-order valence-corrected chi connectivity index (χ0v) is 20.9. The van der Waals surface area contributed by atoms with Crippen molar-refractivity contribution in [2.45, 2.75) is 87.7 Å². The molecule has 0 heterocycles. The van der Waals surface area contributed by atoms with Gasteiger partial charge >= 0.3 is 184 Å². The minimum absolute atomic E-state index is 0.196. The molecule has 0 bridgehead atoms. The molecule has 0 spiro atoms. The van der Waals surface area contributed by atoms with Crippen LogP contribution < -0.4 is 22.1 Å². The number of nitrogens with one attached hydrogen (secondary N) is 2. The molecule has 0 saturated carbocycles. The summed E-state index contributed by atoms with van der Waals surface area (Å²) in [6, 6.07) is 0. The molecule has 0 rings (SSSR count). The van der Waals surface area contributed by atoms with Gasteiger partial charge in [0, 0.05) is 0 Å². The normalized spacial score (nSPS) is 10.8. The molecule has 6 N–H and O–H groups in total. The Balaban J connectivity index is 3.25. The van der Waals surface area contributed by atoms with E-state index in [9.17, 15) is 9.59 Å². The number of amides is 2. The second-order valence-electron chi connectivity index (χ2n) is 6.96. The van der Waals surface area contributed by atoms with Crippen LogP contribution in [0.4, 0.5) is 0 Å². The molecule has 0 radical (unpaired) electrons. The van der Waals surface area contributed by atoms with Gasteiger partial charge < -0.3 is 0 Å². The zero-order valence-electron chi connectivity index (χ0n) is 17.5. The molecule has 6 nitrogen and oxygen atoms in total. The summed E-state index contributed by atoms with van der Waals surface area (Å²) in [7, 11) is 0. The molecule has 0 fully saturated rings. The van der Waals surface area contributed by atoms with Crippen molar-refractivity contribution in [2.75, 3.05) is 26.2 Å². The van der Waals surface area contributed by atoms with E-state index < -0.39 is 0 Å². The first-order chi connectivity index (χ1) is 13.7. The van der Waals surface area contributed by atoms with Crippen LogP contribution in [0.5, 0.6) is 0 Å². The van der Waals surface area contributed by atoms with Crippen LogP contribution in [-0.4, -0.2) is 64.3 Å². The second kappa shape index (κ2) is 23.2. The zero-order chi connectivity index (χ0) is 20.7. The maximum absolute atomic E-state index is 11.7. The first-order valence-corrected chi connectivity index (χ1v) is 17.6. The van der Waals surface area contributed by atoms with E-state index in [2.05, 4.69) is 10.6 Å². The number of carbonyl (C=O) groups excluding carboxylic acids is 2. The van der Waals surface area contributed by atoms with Gasteiger partial charge in [0.25, 0.3) is 0 Å². The van der Waals surface area contributed by atoms with Crippen LogP contribution in [0.15, 0.2) is 0 Å². The third-order valence-corrected chi connectivity index (χ3v) is 12.0. The number of unbranched alkanes of at least 4 members (excludes halogenated alkanes) is 6. The average Bonchev–Trinajstić information content (AvgIpc) is 2.69. The van der Waals surface area contributed by atoms with Crippen molar-refractivity contribution >= 4 is 38.1 Å². The van der Waals surface area contributed by atoms with E-state index in [0.717, 1.165) is 90.4 Å². The van der Waals surface area contributed by atoms with Crippen molar-refractivity contribution in [1.82, 2.24) is 10.6 Å². The summed E-state index contributed by atoms with van der Waals surface area (Å²) < 4.78 is 0. The summed E-state index contributed by atoms with van der Waals surface area (Å²) in [5.41, 5.74) is 10.9. The number of hydrogen-bond acceptors (Lipinski definition) is 4. The monoisotopic (exact) mass is 530 g/mol. The summed E-state index contributed by atoms with van der Waals surface area (Å²) >= 11 is 1.32. The van der Waals surface area contributed by atoms with Crippen molar-refractivity contribution in [2.24, 2.45) is 11.5 Å². The Hall–Kier alpha value is -0.101. The predicted octanol–water partition coefficient (Wildman–Crippen LogP) is 1.98. The van der Waals surface area contributed by atoms with Crippen LogP contribution in [0.1, 0.15) is 77.0 Å². The van der Waals surface area contributed by atoms with E-state index in [1.165, 1.54) is 10.6 Å². The maximum atomic E-state index is 11.7. The fraction of sp³-hybridized carbons (Fsp3) is 0.900. The summed E-state index contributed by atoms with van der Waals surface area (Å²) in [5, 5.41) is 8.38. The standard InChI is InChI=1S/C20H42N4O2Se2/c21-13-5-1-3-7-15-23-19(25)11-9-17-27-28-18-10-12-20(26)24-16-8-4-2-6-14-22/h1-18,21-22H2,(H,23,25)(H,24,26). The first kappa shape index (κ1) is 27.9.